The molecular formula is C18H30N2O. The van der Waals surface area contributed by atoms with Crippen LogP contribution in [-0.2, 0) is 0 Å². The lowest BCUT2D eigenvalue weighted by atomic mass is 9.91. The van der Waals surface area contributed by atoms with Crippen LogP contribution < -0.4 is 10.1 Å². The number of benzene rings is 1. The van der Waals surface area contributed by atoms with Gasteiger partial charge >= 0.3 is 0 Å². The van der Waals surface area contributed by atoms with E-state index < -0.39 is 0 Å². The Labute approximate surface area is 129 Å². The van der Waals surface area contributed by atoms with Gasteiger partial charge in [-0.2, -0.15) is 0 Å². The van der Waals surface area contributed by atoms with Gasteiger partial charge in [0.1, 0.15) is 5.75 Å². The van der Waals surface area contributed by atoms with Crippen molar-refractivity contribution < 1.29 is 4.74 Å². The molecule has 1 aromatic rings. The van der Waals surface area contributed by atoms with Crippen molar-refractivity contribution in [2.75, 3.05) is 31.6 Å². The van der Waals surface area contributed by atoms with Gasteiger partial charge in [-0.25, -0.2) is 0 Å². The molecule has 1 N–H and O–H groups in total. The second-order valence-corrected chi connectivity index (χ2v) is 6.07. The molecule has 0 spiro atoms. The molecule has 1 fully saturated rings. The zero-order valence-electron chi connectivity index (χ0n) is 13.8. The second-order valence-electron chi connectivity index (χ2n) is 6.07. The molecule has 1 heterocycles. The number of para-hydroxylation sites is 2. The van der Waals surface area contributed by atoms with E-state index in [9.17, 15) is 0 Å². The highest BCUT2D eigenvalue weighted by Crippen LogP contribution is 2.28. The van der Waals surface area contributed by atoms with Crippen LogP contribution in [0.2, 0.25) is 0 Å². The maximum Gasteiger partial charge on any atom is 0.142 e. The van der Waals surface area contributed by atoms with Gasteiger partial charge in [-0.3, -0.25) is 0 Å². The highest BCUT2D eigenvalue weighted by atomic mass is 16.5. The summed E-state index contributed by atoms with van der Waals surface area (Å²) in [4.78, 5) is 2.56. The first-order valence-corrected chi connectivity index (χ1v) is 8.45. The predicted molar refractivity (Wildman–Crippen MR) is 90.2 cm³/mol. The Bertz CT molecular complexity index is 421. The Hall–Kier alpha value is -1.22. The molecule has 1 aromatic carbocycles. The van der Waals surface area contributed by atoms with Crippen LogP contribution in [0, 0.1) is 5.92 Å². The third-order valence-electron chi connectivity index (χ3n) is 4.43. The van der Waals surface area contributed by atoms with Gasteiger partial charge in [-0.15, -0.1) is 0 Å². The van der Waals surface area contributed by atoms with E-state index in [1.807, 2.05) is 6.07 Å². The van der Waals surface area contributed by atoms with Crippen LogP contribution in [0.15, 0.2) is 24.3 Å². The van der Waals surface area contributed by atoms with Crippen LogP contribution >= 0.6 is 0 Å². The molecule has 0 aromatic heterocycles. The van der Waals surface area contributed by atoms with Crippen molar-refractivity contribution in [2.24, 2.45) is 5.92 Å². The van der Waals surface area contributed by atoms with Gasteiger partial charge in [0.2, 0.25) is 0 Å². The Kier molecular flexibility index (Phi) is 6.37. The molecule has 1 saturated heterocycles. The number of likely N-dealkylation sites (tertiary alicyclic amines) is 1. The SMILES string of the molecule is CCCOc1ccccc1NC(C)C1CCCN(CC)C1. The van der Waals surface area contributed by atoms with Gasteiger partial charge in [0.15, 0.2) is 0 Å². The molecule has 0 aliphatic carbocycles. The summed E-state index contributed by atoms with van der Waals surface area (Å²) in [6, 6.07) is 8.78. The minimum absolute atomic E-state index is 0.478. The van der Waals surface area contributed by atoms with Crippen LogP contribution in [0.1, 0.15) is 40.0 Å². The van der Waals surface area contributed by atoms with Gasteiger partial charge in [0.05, 0.1) is 12.3 Å². The molecule has 0 amide bonds. The summed E-state index contributed by atoms with van der Waals surface area (Å²) in [6.45, 7) is 11.1. The minimum Gasteiger partial charge on any atom is -0.491 e. The summed E-state index contributed by atoms with van der Waals surface area (Å²) in [5, 5.41) is 3.68. The Morgan fingerprint density at radius 1 is 1.33 bits per heavy atom. The van der Waals surface area contributed by atoms with Crippen LogP contribution in [0.4, 0.5) is 5.69 Å². The largest absolute Gasteiger partial charge is 0.491 e. The van der Waals surface area contributed by atoms with Crippen LogP contribution in [-0.4, -0.2) is 37.2 Å². The molecule has 3 nitrogen and oxygen atoms in total. The summed E-state index contributed by atoms with van der Waals surface area (Å²) in [5.41, 5.74) is 1.13. The minimum atomic E-state index is 0.478. The van der Waals surface area contributed by atoms with Crippen molar-refractivity contribution in [3.8, 4) is 5.75 Å². The number of hydrogen-bond acceptors (Lipinski definition) is 3. The molecular weight excluding hydrogens is 260 g/mol. The molecule has 1 aliphatic heterocycles. The third-order valence-corrected chi connectivity index (χ3v) is 4.43. The average Bonchev–Trinajstić information content (AvgIpc) is 2.54. The number of nitrogens with zero attached hydrogens (tertiary/aromatic N) is 1. The lowest BCUT2D eigenvalue weighted by Crippen LogP contribution is -2.41. The molecule has 0 saturated carbocycles. The average molecular weight is 290 g/mol. The molecule has 2 rings (SSSR count). The first-order chi connectivity index (χ1) is 10.2. The first kappa shape index (κ1) is 16.2. The van der Waals surface area contributed by atoms with E-state index in [-0.39, 0.29) is 0 Å². The number of rotatable bonds is 7. The maximum absolute atomic E-state index is 5.84. The number of piperidine rings is 1. The molecule has 3 heteroatoms. The van der Waals surface area contributed by atoms with Crippen molar-refractivity contribution in [3.05, 3.63) is 24.3 Å². The van der Waals surface area contributed by atoms with Crippen molar-refractivity contribution in [1.82, 2.24) is 4.90 Å². The van der Waals surface area contributed by atoms with Gasteiger partial charge in [0.25, 0.3) is 0 Å². The summed E-state index contributed by atoms with van der Waals surface area (Å²) >= 11 is 0. The molecule has 2 atom stereocenters. The smallest absolute Gasteiger partial charge is 0.142 e. The zero-order valence-corrected chi connectivity index (χ0v) is 13.8. The monoisotopic (exact) mass is 290 g/mol. The fourth-order valence-electron chi connectivity index (χ4n) is 3.07. The fourth-order valence-corrected chi connectivity index (χ4v) is 3.07. The molecule has 2 unspecified atom stereocenters. The summed E-state index contributed by atoms with van der Waals surface area (Å²) in [6.07, 6.45) is 3.68. The zero-order chi connectivity index (χ0) is 15.1. The maximum atomic E-state index is 5.84. The Morgan fingerprint density at radius 3 is 2.90 bits per heavy atom. The van der Waals surface area contributed by atoms with Crippen LogP contribution in [0.25, 0.3) is 0 Å². The van der Waals surface area contributed by atoms with E-state index in [4.69, 9.17) is 4.74 Å². The predicted octanol–water partition coefficient (Wildman–Crippen LogP) is 4.01. The van der Waals surface area contributed by atoms with Crippen LogP contribution in [0.5, 0.6) is 5.75 Å². The van der Waals surface area contributed by atoms with Crippen molar-refractivity contribution in [2.45, 2.75) is 46.1 Å². The molecule has 0 radical (unpaired) electrons. The molecule has 1 aliphatic rings. The summed E-state index contributed by atoms with van der Waals surface area (Å²) in [7, 11) is 0. The molecule has 118 valence electrons. The Morgan fingerprint density at radius 2 is 2.14 bits per heavy atom. The van der Waals surface area contributed by atoms with E-state index in [2.05, 4.69) is 49.2 Å². The van der Waals surface area contributed by atoms with E-state index in [0.29, 0.717) is 6.04 Å². The highest BCUT2D eigenvalue weighted by Gasteiger charge is 2.24. The van der Waals surface area contributed by atoms with Crippen LogP contribution in [0.3, 0.4) is 0 Å². The lowest BCUT2D eigenvalue weighted by Gasteiger charge is -2.36. The normalized spacial score (nSPS) is 21.0. The van der Waals surface area contributed by atoms with Crippen molar-refractivity contribution in [3.63, 3.8) is 0 Å². The second kappa shape index (κ2) is 8.28. The fraction of sp³-hybridized carbons (Fsp3) is 0.667. The first-order valence-electron chi connectivity index (χ1n) is 8.45. The lowest BCUT2D eigenvalue weighted by molar-refractivity contribution is 0.172. The number of ether oxygens (including phenoxy) is 1. The van der Waals surface area contributed by atoms with Crippen molar-refractivity contribution >= 4 is 5.69 Å². The third kappa shape index (κ3) is 4.63. The van der Waals surface area contributed by atoms with E-state index in [0.717, 1.165) is 30.4 Å². The number of anilines is 1. The number of hydrogen-bond donors (Lipinski definition) is 1. The molecule has 21 heavy (non-hydrogen) atoms. The Balaban J connectivity index is 1.97. The van der Waals surface area contributed by atoms with Gasteiger partial charge < -0.3 is 15.0 Å². The van der Waals surface area contributed by atoms with Gasteiger partial charge in [0, 0.05) is 12.6 Å². The van der Waals surface area contributed by atoms with Crippen molar-refractivity contribution in [1.29, 1.82) is 0 Å². The van der Waals surface area contributed by atoms with E-state index >= 15 is 0 Å². The molecule has 0 bridgehead atoms. The highest BCUT2D eigenvalue weighted by molar-refractivity contribution is 5.56. The van der Waals surface area contributed by atoms with E-state index in [1.165, 1.54) is 32.5 Å². The van der Waals surface area contributed by atoms with E-state index in [1.54, 1.807) is 0 Å². The summed E-state index contributed by atoms with van der Waals surface area (Å²) < 4.78 is 5.84. The quantitative estimate of drug-likeness (QED) is 0.821. The van der Waals surface area contributed by atoms with Gasteiger partial charge in [-0.05, 0) is 57.3 Å². The van der Waals surface area contributed by atoms with Gasteiger partial charge in [-0.1, -0.05) is 26.0 Å². The summed E-state index contributed by atoms with van der Waals surface area (Å²) in [5.74, 6) is 1.70. The standard InChI is InChI=1S/C18H30N2O/c1-4-13-21-18-11-7-6-10-17(18)19-15(3)16-9-8-12-20(5-2)14-16/h6-7,10-11,15-16,19H,4-5,8-9,12-14H2,1-3H3. The topological polar surface area (TPSA) is 24.5 Å². The number of nitrogens with one attached hydrogen (secondary N) is 1.